The number of carbonyl (C=O) groups excluding carboxylic acids is 1. The standard InChI is InChI=1S/C16H14ClN5O2/c17-12-1-3-13(4-2-12)22-20-14(10-23)15(21-22)16(24)19-9-11-5-7-18-8-6-11/h1-8,23H,9-10H2,(H,19,24). The summed E-state index contributed by atoms with van der Waals surface area (Å²) in [5, 5.41) is 21.1. The van der Waals surface area contributed by atoms with E-state index in [2.05, 4.69) is 20.5 Å². The van der Waals surface area contributed by atoms with Crippen LogP contribution in [0.2, 0.25) is 5.02 Å². The van der Waals surface area contributed by atoms with Gasteiger partial charge in [0.2, 0.25) is 0 Å². The van der Waals surface area contributed by atoms with E-state index in [1.807, 2.05) is 0 Å². The number of amides is 1. The van der Waals surface area contributed by atoms with Crippen LogP contribution >= 0.6 is 11.6 Å². The normalized spacial score (nSPS) is 10.6. The number of rotatable bonds is 5. The van der Waals surface area contributed by atoms with Crippen LogP contribution in [0.3, 0.4) is 0 Å². The summed E-state index contributed by atoms with van der Waals surface area (Å²) in [6.45, 7) is -0.0500. The molecule has 1 amide bonds. The summed E-state index contributed by atoms with van der Waals surface area (Å²) in [4.78, 5) is 17.5. The second-order valence-corrected chi connectivity index (χ2v) is 5.39. The van der Waals surface area contributed by atoms with Crippen molar-refractivity contribution < 1.29 is 9.90 Å². The van der Waals surface area contributed by atoms with Gasteiger partial charge in [-0.1, -0.05) is 11.6 Å². The first kappa shape index (κ1) is 16.1. The first-order valence-electron chi connectivity index (χ1n) is 7.17. The van der Waals surface area contributed by atoms with Gasteiger partial charge in [0, 0.05) is 24.0 Å². The summed E-state index contributed by atoms with van der Waals surface area (Å²) in [7, 11) is 0. The Hall–Kier alpha value is -2.77. The maximum Gasteiger partial charge on any atom is 0.274 e. The predicted octanol–water partition coefficient (Wildman–Crippen LogP) is 1.74. The zero-order valence-electron chi connectivity index (χ0n) is 12.6. The quantitative estimate of drug-likeness (QED) is 0.736. The van der Waals surface area contributed by atoms with E-state index in [9.17, 15) is 9.90 Å². The Bertz CT molecular complexity index is 833. The SMILES string of the molecule is O=C(NCc1ccncc1)c1nn(-c2ccc(Cl)cc2)nc1CO. The van der Waals surface area contributed by atoms with Crippen LogP contribution in [-0.2, 0) is 13.2 Å². The molecule has 2 heterocycles. The Morgan fingerprint density at radius 3 is 2.50 bits per heavy atom. The van der Waals surface area contributed by atoms with Gasteiger partial charge in [0.1, 0.15) is 5.69 Å². The lowest BCUT2D eigenvalue weighted by Crippen LogP contribution is -2.24. The van der Waals surface area contributed by atoms with Gasteiger partial charge in [-0.15, -0.1) is 10.2 Å². The average molecular weight is 344 g/mol. The summed E-state index contributed by atoms with van der Waals surface area (Å²) in [6, 6.07) is 10.4. The van der Waals surface area contributed by atoms with Crippen molar-refractivity contribution in [2.75, 3.05) is 0 Å². The Kier molecular flexibility index (Phi) is 4.83. The number of aliphatic hydroxyl groups excluding tert-OH is 1. The lowest BCUT2D eigenvalue weighted by atomic mass is 10.2. The maximum atomic E-state index is 12.3. The molecule has 0 saturated carbocycles. The highest BCUT2D eigenvalue weighted by atomic mass is 35.5. The fourth-order valence-electron chi connectivity index (χ4n) is 2.08. The average Bonchev–Trinajstić information content (AvgIpc) is 3.05. The van der Waals surface area contributed by atoms with Crippen LogP contribution in [0.4, 0.5) is 0 Å². The molecule has 0 atom stereocenters. The highest BCUT2D eigenvalue weighted by Gasteiger charge is 2.18. The van der Waals surface area contributed by atoms with E-state index >= 15 is 0 Å². The Balaban J connectivity index is 1.79. The first-order valence-corrected chi connectivity index (χ1v) is 7.55. The number of aliphatic hydroxyl groups is 1. The van der Waals surface area contributed by atoms with E-state index in [1.165, 1.54) is 4.80 Å². The van der Waals surface area contributed by atoms with Gasteiger partial charge in [-0.05, 0) is 42.0 Å². The number of aromatic nitrogens is 4. The van der Waals surface area contributed by atoms with E-state index in [-0.39, 0.29) is 18.0 Å². The van der Waals surface area contributed by atoms with Crippen LogP contribution in [0, 0.1) is 0 Å². The van der Waals surface area contributed by atoms with Crippen molar-refractivity contribution in [3.05, 3.63) is 70.8 Å². The minimum atomic E-state index is -0.406. The molecular formula is C16H14ClN5O2. The van der Waals surface area contributed by atoms with E-state index in [1.54, 1.807) is 48.8 Å². The maximum absolute atomic E-state index is 12.3. The molecule has 2 aromatic heterocycles. The predicted molar refractivity (Wildman–Crippen MR) is 87.7 cm³/mol. The number of nitrogens with zero attached hydrogens (tertiary/aromatic N) is 4. The number of benzene rings is 1. The van der Waals surface area contributed by atoms with Crippen molar-refractivity contribution in [1.29, 1.82) is 0 Å². The molecule has 0 aliphatic heterocycles. The third-order valence-electron chi connectivity index (χ3n) is 3.31. The van der Waals surface area contributed by atoms with Gasteiger partial charge in [0.15, 0.2) is 5.69 Å². The number of nitrogens with one attached hydrogen (secondary N) is 1. The molecule has 0 aliphatic rings. The van der Waals surface area contributed by atoms with Gasteiger partial charge in [0.25, 0.3) is 5.91 Å². The highest BCUT2D eigenvalue weighted by Crippen LogP contribution is 2.13. The highest BCUT2D eigenvalue weighted by molar-refractivity contribution is 6.30. The molecule has 0 unspecified atom stereocenters. The zero-order chi connectivity index (χ0) is 16.9. The van der Waals surface area contributed by atoms with Crippen molar-refractivity contribution in [1.82, 2.24) is 25.3 Å². The van der Waals surface area contributed by atoms with Crippen LogP contribution in [0.1, 0.15) is 21.7 Å². The molecule has 3 rings (SSSR count). The van der Waals surface area contributed by atoms with E-state index in [0.717, 1.165) is 5.56 Å². The van der Waals surface area contributed by atoms with Crippen molar-refractivity contribution in [3.8, 4) is 5.69 Å². The van der Waals surface area contributed by atoms with Gasteiger partial charge < -0.3 is 10.4 Å². The molecule has 24 heavy (non-hydrogen) atoms. The Morgan fingerprint density at radius 1 is 1.12 bits per heavy atom. The summed E-state index contributed by atoms with van der Waals surface area (Å²) in [5.41, 5.74) is 1.84. The summed E-state index contributed by atoms with van der Waals surface area (Å²) in [6.07, 6.45) is 3.30. The summed E-state index contributed by atoms with van der Waals surface area (Å²) < 4.78 is 0. The second kappa shape index (κ2) is 7.20. The number of hydrogen-bond acceptors (Lipinski definition) is 5. The van der Waals surface area contributed by atoms with Gasteiger partial charge in [-0.3, -0.25) is 9.78 Å². The molecule has 0 bridgehead atoms. The second-order valence-electron chi connectivity index (χ2n) is 4.96. The zero-order valence-corrected chi connectivity index (χ0v) is 13.3. The smallest absolute Gasteiger partial charge is 0.274 e. The third kappa shape index (κ3) is 3.58. The van der Waals surface area contributed by atoms with Crippen LogP contribution in [0.25, 0.3) is 5.69 Å². The fourth-order valence-corrected chi connectivity index (χ4v) is 2.20. The van der Waals surface area contributed by atoms with Crippen molar-refractivity contribution >= 4 is 17.5 Å². The number of carbonyl (C=O) groups is 1. The van der Waals surface area contributed by atoms with E-state index in [0.29, 0.717) is 17.3 Å². The summed E-state index contributed by atoms with van der Waals surface area (Å²) in [5.74, 6) is -0.406. The van der Waals surface area contributed by atoms with Gasteiger partial charge in [-0.2, -0.15) is 4.80 Å². The lowest BCUT2D eigenvalue weighted by molar-refractivity contribution is 0.0942. The molecule has 122 valence electrons. The molecule has 8 heteroatoms. The molecule has 0 saturated heterocycles. The molecule has 1 aromatic carbocycles. The van der Waals surface area contributed by atoms with Gasteiger partial charge in [-0.25, -0.2) is 0 Å². The molecular weight excluding hydrogens is 330 g/mol. The number of halogens is 1. The third-order valence-corrected chi connectivity index (χ3v) is 3.56. The number of hydrogen-bond donors (Lipinski definition) is 2. The Morgan fingerprint density at radius 2 is 1.83 bits per heavy atom. The minimum Gasteiger partial charge on any atom is -0.390 e. The molecule has 7 nitrogen and oxygen atoms in total. The van der Waals surface area contributed by atoms with Gasteiger partial charge in [0.05, 0.1) is 12.3 Å². The minimum absolute atomic E-state index is 0.0847. The van der Waals surface area contributed by atoms with E-state index < -0.39 is 5.91 Å². The molecule has 0 radical (unpaired) electrons. The molecule has 0 aliphatic carbocycles. The Labute approximate surface area is 142 Å². The van der Waals surface area contributed by atoms with Crippen molar-refractivity contribution in [2.24, 2.45) is 0 Å². The fraction of sp³-hybridized carbons (Fsp3) is 0.125. The number of pyridine rings is 1. The van der Waals surface area contributed by atoms with Crippen LogP contribution in [0.5, 0.6) is 0 Å². The first-order chi connectivity index (χ1) is 11.7. The van der Waals surface area contributed by atoms with Crippen LogP contribution in [0.15, 0.2) is 48.8 Å². The molecule has 3 aromatic rings. The monoisotopic (exact) mass is 343 g/mol. The molecule has 0 fully saturated rings. The van der Waals surface area contributed by atoms with Gasteiger partial charge >= 0.3 is 0 Å². The van der Waals surface area contributed by atoms with Crippen LogP contribution in [-0.4, -0.2) is 31.0 Å². The molecule has 2 N–H and O–H groups in total. The lowest BCUT2D eigenvalue weighted by Gasteiger charge is -2.03. The van der Waals surface area contributed by atoms with Crippen molar-refractivity contribution in [3.63, 3.8) is 0 Å². The van der Waals surface area contributed by atoms with Crippen molar-refractivity contribution in [2.45, 2.75) is 13.2 Å². The van der Waals surface area contributed by atoms with E-state index in [4.69, 9.17) is 11.6 Å². The summed E-state index contributed by atoms with van der Waals surface area (Å²) >= 11 is 5.85. The van der Waals surface area contributed by atoms with Crippen LogP contribution < -0.4 is 5.32 Å². The topological polar surface area (TPSA) is 92.9 Å². The molecule has 0 spiro atoms. The largest absolute Gasteiger partial charge is 0.390 e.